The predicted octanol–water partition coefficient (Wildman–Crippen LogP) is 4.12. The van der Waals surface area contributed by atoms with Crippen LogP contribution in [0.4, 0.5) is 23.2 Å². The molecule has 11 heteroatoms. The van der Waals surface area contributed by atoms with Crippen molar-refractivity contribution < 1.29 is 22.5 Å². The molecule has 0 spiro atoms. The van der Waals surface area contributed by atoms with E-state index in [1.165, 1.54) is 0 Å². The van der Waals surface area contributed by atoms with Gasteiger partial charge in [0.25, 0.3) is 5.69 Å². The molecule has 24 heavy (non-hydrogen) atoms. The van der Waals surface area contributed by atoms with Gasteiger partial charge in [0.15, 0.2) is 5.69 Å². The molecule has 0 saturated heterocycles. The fourth-order valence-electron chi connectivity index (χ4n) is 2.17. The number of nitro groups is 1. The summed E-state index contributed by atoms with van der Waals surface area (Å²) in [6.45, 7) is 0. The third-order valence-electron chi connectivity index (χ3n) is 3.08. The highest BCUT2D eigenvalue weighted by atomic mass is 35.5. The lowest BCUT2D eigenvalue weighted by molar-refractivity contribution is -0.384. The lowest BCUT2D eigenvalue weighted by Crippen LogP contribution is -2.08. The molecule has 0 amide bonds. The van der Waals surface area contributed by atoms with Crippen LogP contribution in [0.25, 0.3) is 17.0 Å². The summed E-state index contributed by atoms with van der Waals surface area (Å²) in [6, 6.07) is 3.70. The zero-order valence-corrected chi connectivity index (χ0v) is 12.1. The average molecular weight is 361 g/mol. The van der Waals surface area contributed by atoms with E-state index in [9.17, 15) is 27.7 Å². The SMILES string of the molecule is O=[N+]([O-])c1cc(Cl)nc(-c2c(C(F)(F)F)nc3ccc(F)cn23)c1. The summed E-state index contributed by atoms with van der Waals surface area (Å²) in [7, 11) is 0. The Bertz CT molecular complexity index is 970. The van der Waals surface area contributed by atoms with E-state index in [1.54, 1.807) is 0 Å². The lowest BCUT2D eigenvalue weighted by atomic mass is 10.2. The highest BCUT2D eigenvalue weighted by molar-refractivity contribution is 6.29. The number of rotatable bonds is 2. The van der Waals surface area contributed by atoms with Crippen LogP contribution in [0.2, 0.25) is 5.15 Å². The standard InChI is InChI=1S/C13H5ClF4N4O2/c14-9-4-7(22(23)24)3-8(19-9)11-12(13(16,17)18)20-10-2-1-6(15)5-21(10)11/h1-5H. The van der Waals surface area contributed by atoms with Gasteiger partial charge in [-0.1, -0.05) is 11.6 Å². The Morgan fingerprint density at radius 3 is 2.54 bits per heavy atom. The van der Waals surface area contributed by atoms with Crippen molar-refractivity contribution in [3.8, 4) is 11.4 Å². The van der Waals surface area contributed by atoms with E-state index >= 15 is 0 Å². The van der Waals surface area contributed by atoms with E-state index in [2.05, 4.69) is 9.97 Å². The Labute approximate surface area is 135 Å². The first-order valence-corrected chi connectivity index (χ1v) is 6.62. The maximum absolute atomic E-state index is 13.4. The van der Waals surface area contributed by atoms with Gasteiger partial charge >= 0.3 is 6.18 Å². The second kappa shape index (κ2) is 5.41. The van der Waals surface area contributed by atoms with Crippen LogP contribution in [-0.4, -0.2) is 19.3 Å². The molecule has 124 valence electrons. The van der Waals surface area contributed by atoms with Crippen LogP contribution in [0.5, 0.6) is 0 Å². The molecule has 3 heterocycles. The first-order valence-electron chi connectivity index (χ1n) is 6.24. The van der Waals surface area contributed by atoms with Crippen molar-refractivity contribution >= 4 is 22.9 Å². The van der Waals surface area contributed by atoms with Crippen LogP contribution < -0.4 is 0 Å². The molecule has 0 fully saturated rings. The minimum atomic E-state index is -4.88. The predicted molar refractivity (Wildman–Crippen MR) is 75.0 cm³/mol. The van der Waals surface area contributed by atoms with Crippen molar-refractivity contribution in [2.24, 2.45) is 0 Å². The Morgan fingerprint density at radius 2 is 1.92 bits per heavy atom. The number of hydrogen-bond acceptors (Lipinski definition) is 4. The van der Waals surface area contributed by atoms with Crippen LogP contribution in [0.15, 0.2) is 30.5 Å². The van der Waals surface area contributed by atoms with Crippen LogP contribution in [0, 0.1) is 15.9 Å². The number of imidazole rings is 1. The molecule has 0 N–H and O–H groups in total. The van der Waals surface area contributed by atoms with Gasteiger partial charge in [-0.2, -0.15) is 13.2 Å². The molecular formula is C13H5ClF4N4O2. The van der Waals surface area contributed by atoms with E-state index in [0.29, 0.717) is 0 Å². The quantitative estimate of drug-likeness (QED) is 0.298. The summed E-state index contributed by atoms with van der Waals surface area (Å²) >= 11 is 5.66. The van der Waals surface area contributed by atoms with Crippen LogP contribution in [0.1, 0.15) is 5.69 Å². The van der Waals surface area contributed by atoms with Gasteiger partial charge in [-0.25, -0.2) is 14.4 Å². The van der Waals surface area contributed by atoms with Crippen molar-refractivity contribution in [3.05, 3.63) is 57.2 Å². The van der Waals surface area contributed by atoms with Crippen molar-refractivity contribution in [2.75, 3.05) is 0 Å². The van der Waals surface area contributed by atoms with Crippen molar-refractivity contribution in [1.29, 1.82) is 0 Å². The van der Waals surface area contributed by atoms with E-state index < -0.39 is 39.7 Å². The van der Waals surface area contributed by atoms with Gasteiger partial charge in [0, 0.05) is 12.3 Å². The average Bonchev–Trinajstić information content (AvgIpc) is 2.85. The molecule has 0 saturated carbocycles. The van der Waals surface area contributed by atoms with Crippen LogP contribution in [-0.2, 0) is 6.18 Å². The minimum Gasteiger partial charge on any atom is -0.295 e. The van der Waals surface area contributed by atoms with Gasteiger partial charge in [-0.15, -0.1) is 0 Å². The number of fused-ring (bicyclic) bond motifs is 1. The molecule has 0 atom stereocenters. The van der Waals surface area contributed by atoms with E-state index in [4.69, 9.17) is 11.6 Å². The fraction of sp³-hybridized carbons (Fsp3) is 0.0769. The van der Waals surface area contributed by atoms with Gasteiger partial charge in [-0.3, -0.25) is 14.5 Å². The van der Waals surface area contributed by atoms with E-state index in [1.807, 2.05) is 0 Å². The molecule has 0 aliphatic rings. The molecule has 0 unspecified atom stereocenters. The molecule has 0 radical (unpaired) electrons. The maximum atomic E-state index is 13.4. The number of pyridine rings is 2. The maximum Gasteiger partial charge on any atom is 0.435 e. The van der Waals surface area contributed by atoms with Crippen molar-refractivity contribution in [2.45, 2.75) is 6.18 Å². The van der Waals surface area contributed by atoms with Crippen LogP contribution >= 0.6 is 11.6 Å². The number of halogens is 5. The van der Waals surface area contributed by atoms with Crippen molar-refractivity contribution in [3.63, 3.8) is 0 Å². The van der Waals surface area contributed by atoms with Crippen LogP contribution in [0.3, 0.4) is 0 Å². The first kappa shape index (κ1) is 16.1. The molecule has 0 aromatic carbocycles. The number of alkyl halides is 3. The minimum absolute atomic E-state index is 0.192. The van der Waals surface area contributed by atoms with Gasteiger partial charge in [0.05, 0.1) is 16.7 Å². The molecule has 0 bridgehead atoms. The third kappa shape index (κ3) is 2.75. The highest BCUT2D eigenvalue weighted by Crippen LogP contribution is 2.38. The number of nitrogens with zero attached hydrogens (tertiary/aromatic N) is 4. The Morgan fingerprint density at radius 1 is 1.21 bits per heavy atom. The summed E-state index contributed by atoms with van der Waals surface area (Å²) in [6.07, 6.45) is -4.10. The molecule has 6 nitrogen and oxygen atoms in total. The summed E-state index contributed by atoms with van der Waals surface area (Å²) < 4.78 is 54.1. The zero-order valence-electron chi connectivity index (χ0n) is 11.4. The second-order valence-electron chi connectivity index (χ2n) is 4.67. The van der Waals surface area contributed by atoms with Gasteiger partial charge in [0.1, 0.15) is 22.3 Å². The molecule has 3 aromatic rings. The van der Waals surface area contributed by atoms with Gasteiger partial charge in [-0.05, 0) is 12.1 Å². The summed E-state index contributed by atoms with van der Waals surface area (Å²) in [4.78, 5) is 17.2. The monoisotopic (exact) mass is 360 g/mol. The fourth-order valence-corrected chi connectivity index (χ4v) is 2.37. The molecule has 3 rings (SSSR count). The third-order valence-corrected chi connectivity index (χ3v) is 3.28. The Balaban J connectivity index is 2.40. The van der Waals surface area contributed by atoms with E-state index in [-0.39, 0.29) is 10.8 Å². The number of aromatic nitrogens is 3. The summed E-state index contributed by atoms with van der Waals surface area (Å²) in [5.74, 6) is -0.814. The lowest BCUT2D eigenvalue weighted by Gasteiger charge is -2.08. The second-order valence-corrected chi connectivity index (χ2v) is 5.06. The normalized spacial score (nSPS) is 11.9. The van der Waals surface area contributed by atoms with Crippen molar-refractivity contribution in [1.82, 2.24) is 14.4 Å². The molecular weight excluding hydrogens is 356 g/mol. The summed E-state index contributed by atoms with van der Waals surface area (Å²) in [5.41, 5.74) is -3.17. The largest absolute Gasteiger partial charge is 0.435 e. The van der Waals surface area contributed by atoms with E-state index in [0.717, 1.165) is 34.9 Å². The van der Waals surface area contributed by atoms with Gasteiger partial charge in [0.2, 0.25) is 0 Å². The topological polar surface area (TPSA) is 73.3 Å². The zero-order chi connectivity index (χ0) is 17.6. The Kier molecular flexibility index (Phi) is 3.63. The first-order chi connectivity index (χ1) is 11.2. The highest BCUT2D eigenvalue weighted by Gasteiger charge is 2.39. The van der Waals surface area contributed by atoms with Gasteiger partial charge < -0.3 is 0 Å². The molecule has 0 aliphatic heterocycles. The summed E-state index contributed by atoms with van der Waals surface area (Å²) in [5, 5.41) is 10.5. The number of hydrogen-bond donors (Lipinski definition) is 0. The smallest absolute Gasteiger partial charge is 0.295 e. The molecule has 3 aromatic heterocycles. The molecule has 0 aliphatic carbocycles. The Hall–Kier alpha value is -2.75.